The molecular formula is C11H24N2O. The summed E-state index contributed by atoms with van der Waals surface area (Å²) in [5.41, 5.74) is 0. The van der Waals surface area contributed by atoms with Gasteiger partial charge in [0.05, 0.1) is 6.61 Å². The summed E-state index contributed by atoms with van der Waals surface area (Å²) in [6, 6.07) is 1.44. The summed E-state index contributed by atoms with van der Waals surface area (Å²) in [6.07, 6.45) is 2.76. The molecular weight excluding hydrogens is 176 g/mol. The third-order valence-electron chi connectivity index (χ3n) is 2.60. The van der Waals surface area contributed by atoms with Gasteiger partial charge < -0.3 is 10.1 Å². The first-order valence-electron chi connectivity index (χ1n) is 5.70. The minimum atomic E-state index is 0.596. The van der Waals surface area contributed by atoms with Gasteiger partial charge in [-0.2, -0.15) is 0 Å². The van der Waals surface area contributed by atoms with Crippen LogP contribution in [0.4, 0.5) is 0 Å². The van der Waals surface area contributed by atoms with E-state index in [-0.39, 0.29) is 0 Å². The van der Waals surface area contributed by atoms with Crippen LogP contribution in [0.5, 0.6) is 0 Å². The molecule has 1 fully saturated rings. The van der Waals surface area contributed by atoms with E-state index < -0.39 is 0 Å². The summed E-state index contributed by atoms with van der Waals surface area (Å²) in [6.45, 7) is 8.58. The highest BCUT2D eigenvalue weighted by atomic mass is 16.5. The average Bonchev–Trinajstić information content (AvgIpc) is 2.93. The average molecular weight is 200 g/mol. The number of methoxy groups -OCH3 is 1. The van der Waals surface area contributed by atoms with E-state index in [0.717, 1.165) is 32.3 Å². The largest absolute Gasteiger partial charge is 0.383 e. The van der Waals surface area contributed by atoms with Gasteiger partial charge in [-0.15, -0.1) is 0 Å². The molecule has 0 bridgehead atoms. The van der Waals surface area contributed by atoms with Gasteiger partial charge in [0.15, 0.2) is 0 Å². The van der Waals surface area contributed by atoms with Crippen LogP contribution in [-0.2, 0) is 4.74 Å². The van der Waals surface area contributed by atoms with Crippen molar-refractivity contribution < 1.29 is 4.74 Å². The van der Waals surface area contributed by atoms with E-state index in [9.17, 15) is 0 Å². The molecule has 0 saturated heterocycles. The predicted molar refractivity (Wildman–Crippen MR) is 59.6 cm³/mol. The monoisotopic (exact) mass is 200 g/mol. The van der Waals surface area contributed by atoms with Gasteiger partial charge in [-0.3, -0.25) is 4.90 Å². The summed E-state index contributed by atoms with van der Waals surface area (Å²) in [5, 5.41) is 3.45. The lowest BCUT2D eigenvalue weighted by molar-refractivity contribution is 0.143. The highest BCUT2D eigenvalue weighted by Crippen LogP contribution is 2.25. The van der Waals surface area contributed by atoms with Crippen molar-refractivity contribution in [3.8, 4) is 0 Å². The molecule has 0 atom stereocenters. The lowest BCUT2D eigenvalue weighted by atomic mass is 10.3. The van der Waals surface area contributed by atoms with E-state index in [1.807, 2.05) is 0 Å². The molecule has 1 N–H and O–H groups in total. The Morgan fingerprint density at radius 2 is 2.07 bits per heavy atom. The Labute approximate surface area is 87.8 Å². The van der Waals surface area contributed by atoms with Gasteiger partial charge in [0.2, 0.25) is 0 Å². The molecule has 0 amide bonds. The third-order valence-corrected chi connectivity index (χ3v) is 2.60. The fourth-order valence-corrected chi connectivity index (χ4v) is 1.62. The predicted octanol–water partition coefficient (Wildman–Crippen LogP) is 1.10. The molecule has 1 aliphatic rings. The molecule has 3 heteroatoms. The zero-order valence-corrected chi connectivity index (χ0v) is 9.75. The fraction of sp³-hybridized carbons (Fsp3) is 1.00. The zero-order chi connectivity index (χ0) is 10.4. The first-order chi connectivity index (χ1) is 6.74. The van der Waals surface area contributed by atoms with Crippen molar-refractivity contribution in [2.24, 2.45) is 0 Å². The molecule has 0 radical (unpaired) electrons. The van der Waals surface area contributed by atoms with Crippen LogP contribution in [0, 0.1) is 0 Å². The van der Waals surface area contributed by atoms with Crippen LogP contribution < -0.4 is 5.32 Å². The first kappa shape index (κ1) is 12.0. The van der Waals surface area contributed by atoms with Crippen LogP contribution in [0.3, 0.4) is 0 Å². The molecule has 0 aromatic heterocycles. The van der Waals surface area contributed by atoms with Crippen molar-refractivity contribution in [2.75, 3.05) is 33.4 Å². The van der Waals surface area contributed by atoms with Gasteiger partial charge in [-0.1, -0.05) is 13.8 Å². The second-order valence-corrected chi connectivity index (χ2v) is 4.37. The smallest absolute Gasteiger partial charge is 0.0589 e. The SMILES string of the molecule is COCCN(CCNC(C)C)C1CC1. The van der Waals surface area contributed by atoms with Gasteiger partial charge in [-0.25, -0.2) is 0 Å². The van der Waals surface area contributed by atoms with Crippen molar-refractivity contribution in [2.45, 2.75) is 38.8 Å². The van der Waals surface area contributed by atoms with Crippen molar-refractivity contribution >= 4 is 0 Å². The zero-order valence-electron chi connectivity index (χ0n) is 9.75. The van der Waals surface area contributed by atoms with Crippen LogP contribution in [0.25, 0.3) is 0 Å². The molecule has 0 aromatic rings. The van der Waals surface area contributed by atoms with E-state index >= 15 is 0 Å². The Morgan fingerprint density at radius 1 is 1.36 bits per heavy atom. The maximum absolute atomic E-state index is 5.12. The second-order valence-electron chi connectivity index (χ2n) is 4.37. The number of ether oxygens (including phenoxy) is 1. The third kappa shape index (κ3) is 4.94. The molecule has 84 valence electrons. The van der Waals surface area contributed by atoms with E-state index in [4.69, 9.17) is 4.74 Å². The van der Waals surface area contributed by atoms with Gasteiger partial charge in [0.1, 0.15) is 0 Å². The normalized spacial score (nSPS) is 16.9. The van der Waals surface area contributed by atoms with Crippen LogP contribution in [-0.4, -0.2) is 50.3 Å². The van der Waals surface area contributed by atoms with Gasteiger partial charge >= 0.3 is 0 Å². The van der Waals surface area contributed by atoms with Crippen molar-refractivity contribution in [3.05, 3.63) is 0 Å². The Hall–Kier alpha value is -0.120. The highest BCUT2D eigenvalue weighted by Gasteiger charge is 2.27. The Bertz CT molecular complexity index is 146. The molecule has 1 aliphatic carbocycles. The second kappa shape index (κ2) is 6.38. The summed E-state index contributed by atoms with van der Waals surface area (Å²) < 4.78 is 5.12. The first-order valence-corrected chi connectivity index (χ1v) is 5.70. The number of rotatable bonds is 8. The van der Waals surface area contributed by atoms with Crippen LogP contribution in [0.15, 0.2) is 0 Å². The number of hydrogen-bond donors (Lipinski definition) is 1. The lowest BCUT2D eigenvalue weighted by Crippen LogP contribution is -2.37. The number of nitrogens with zero attached hydrogens (tertiary/aromatic N) is 1. The van der Waals surface area contributed by atoms with E-state index in [2.05, 4.69) is 24.1 Å². The molecule has 1 saturated carbocycles. The molecule has 14 heavy (non-hydrogen) atoms. The van der Waals surface area contributed by atoms with Crippen LogP contribution >= 0.6 is 0 Å². The van der Waals surface area contributed by atoms with E-state index in [1.54, 1.807) is 7.11 Å². The van der Waals surface area contributed by atoms with Crippen LogP contribution in [0.1, 0.15) is 26.7 Å². The summed E-state index contributed by atoms with van der Waals surface area (Å²) in [7, 11) is 1.78. The quantitative estimate of drug-likeness (QED) is 0.635. The number of nitrogens with one attached hydrogen (secondary N) is 1. The van der Waals surface area contributed by atoms with Gasteiger partial charge in [0, 0.05) is 38.8 Å². The Morgan fingerprint density at radius 3 is 2.57 bits per heavy atom. The Balaban J connectivity index is 2.08. The maximum Gasteiger partial charge on any atom is 0.0589 e. The van der Waals surface area contributed by atoms with E-state index in [0.29, 0.717) is 6.04 Å². The van der Waals surface area contributed by atoms with Crippen molar-refractivity contribution in [3.63, 3.8) is 0 Å². The molecule has 0 unspecified atom stereocenters. The van der Waals surface area contributed by atoms with E-state index in [1.165, 1.54) is 12.8 Å². The standard InChI is InChI=1S/C11H24N2O/c1-10(2)12-6-7-13(8-9-14-3)11-4-5-11/h10-12H,4-9H2,1-3H3. The van der Waals surface area contributed by atoms with Gasteiger partial charge in [0.25, 0.3) is 0 Å². The lowest BCUT2D eigenvalue weighted by Gasteiger charge is -2.22. The molecule has 0 heterocycles. The molecule has 1 rings (SSSR count). The minimum absolute atomic E-state index is 0.596. The summed E-state index contributed by atoms with van der Waals surface area (Å²) >= 11 is 0. The van der Waals surface area contributed by atoms with Gasteiger partial charge in [-0.05, 0) is 12.8 Å². The van der Waals surface area contributed by atoms with Crippen molar-refractivity contribution in [1.82, 2.24) is 10.2 Å². The maximum atomic E-state index is 5.12. The summed E-state index contributed by atoms with van der Waals surface area (Å²) in [5.74, 6) is 0. The summed E-state index contributed by atoms with van der Waals surface area (Å²) in [4.78, 5) is 2.54. The Kier molecular flexibility index (Phi) is 5.45. The molecule has 0 aliphatic heterocycles. The topological polar surface area (TPSA) is 24.5 Å². The molecule has 3 nitrogen and oxygen atoms in total. The molecule has 0 aromatic carbocycles. The highest BCUT2D eigenvalue weighted by molar-refractivity contribution is 4.84. The van der Waals surface area contributed by atoms with Crippen molar-refractivity contribution in [1.29, 1.82) is 0 Å². The van der Waals surface area contributed by atoms with Crippen LogP contribution in [0.2, 0.25) is 0 Å². The fourth-order valence-electron chi connectivity index (χ4n) is 1.62. The molecule has 0 spiro atoms. The minimum Gasteiger partial charge on any atom is -0.383 e. The number of hydrogen-bond acceptors (Lipinski definition) is 3.